The first kappa shape index (κ1) is 33.5. The molecule has 14 nitrogen and oxygen atoms in total. The van der Waals surface area contributed by atoms with Crippen molar-refractivity contribution < 1.29 is 47.0 Å². The van der Waals surface area contributed by atoms with Crippen LogP contribution in [0.3, 0.4) is 0 Å². The number of ether oxygens (including phenoxy) is 1. The van der Waals surface area contributed by atoms with Crippen molar-refractivity contribution in [2.45, 2.75) is 70.4 Å². The van der Waals surface area contributed by atoms with Crippen molar-refractivity contribution in [2.24, 2.45) is 17.4 Å². The first-order chi connectivity index (χ1) is 17.0. The maximum absolute atomic E-state index is 12.8. The smallest absolute Gasteiger partial charge is 0.394 e. The Morgan fingerprint density at radius 2 is 1.62 bits per heavy atom. The summed E-state index contributed by atoms with van der Waals surface area (Å²) in [5, 5.41) is 25.5. The van der Waals surface area contributed by atoms with E-state index in [1.165, 1.54) is 6.92 Å². The van der Waals surface area contributed by atoms with Gasteiger partial charge in [-0.15, -0.1) is 0 Å². The maximum Gasteiger partial charge on any atom is 0.491 e. The Labute approximate surface area is 210 Å². The molecule has 0 aromatic carbocycles. The van der Waals surface area contributed by atoms with Gasteiger partial charge in [-0.2, -0.15) is 13.2 Å². The van der Waals surface area contributed by atoms with Gasteiger partial charge in [0.05, 0.1) is 12.6 Å². The van der Waals surface area contributed by atoms with Gasteiger partial charge in [0.1, 0.15) is 12.1 Å². The zero-order valence-corrected chi connectivity index (χ0v) is 20.6. The second-order valence-electron chi connectivity index (χ2n) is 8.14. The van der Waals surface area contributed by atoms with Crippen LogP contribution in [0.1, 0.15) is 40.0 Å². The standard InChI is InChI=1S/C20H34F3N7O7/c1-4-9(2)13(30-15(33)11(24)6-5-7-27-19(25)26)16(34)28-10(3)14(32)29-12(8-31)17(35)37-18(36)20(21,22)23/h9-13,31H,4-8,24H2,1-3H3,(H,28,34)(H,29,32)(H,30,33)(H4,25,26,27)/t9-,10-,11+,12-,13-/m0/s1. The number of aliphatic hydroxyl groups excluding tert-OH is 1. The molecule has 0 saturated carbocycles. The van der Waals surface area contributed by atoms with Crippen LogP contribution in [-0.4, -0.2) is 84.2 Å². The SMILES string of the molecule is CC[C@H](C)[C@H](NC(=O)[C@H](N)CCCNC(=N)N)C(=O)N[C@@H](C)C(=O)N[C@@H](CO)C(=O)OC(=O)C(F)(F)F. The number of nitrogens with one attached hydrogen (secondary N) is 5. The number of carbonyl (C=O) groups excluding carboxylic acids is 5. The molecule has 0 aliphatic heterocycles. The van der Waals surface area contributed by atoms with Gasteiger partial charge in [-0.25, -0.2) is 9.59 Å². The highest BCUT2D eigenvalue weighted by atomic mass is 19.4. The first-order valence-corrected chi connectivity index (χ1v) is 11.2. The number of esters is 2. The minimum atomic E-state index is -5.47. The lowest BCUT2D eigenvalue weighted by Crippen LogP contribution is -2.58. The van der Waals surface area contributed by atoms with Gasteiger partial charge in [0.15, 0.2) is 12.0 Å². The van der Waals surface area contributed by atoms with Crippen molar-refractivity contribution in [3.05, 3.63) is 0 Å². The fraction of sp³-hybridized carbons (Fsp3) is 0.700. The lowest BCUT2D eigenvalue weighted by molar-refractivity contribution is -0.202. The van der Waals surface area contributed by atoms with Crippen molar-refractivity contribution in [1.82, 2.24) is 21.3 Å². The number of guanidine groups is 1. The second-order valence-corrected chi connectivity index (χ2v) is 8.14. The predicted octanol–water partition coefficient (Wildman–Crippen LogP) is -2.28. The van der Waals surface area contributed by atoms with Gasteiger partial charge in [-0.3, -0.25) is 19.8 Å². The third-order valence-corrected chi connectivity index (χ3v) is 5.10. The van der Waals surface area contributed by atoms with Crippen LogP contribution >= 0.6 is 0 Å². The van der Waals surface area contributed by atoms with Crippen LogP contribution in [0.15, 0.2) is 0 Å². The topological polar surface area (TPSA) is 239 Å². The van der Waals surface area contributed by atoms with Crippen molar-refractivity contribution >= 4 is 35.6 Å². The van der Waals surface area contributed by atoms with E-state index in [-0.39, 0.29) is 12.4 Å². The van der Waals surface area contributed by atoms with Gasteiger partial charge in [0.25, 0.3) is 0 Å². The highest BCUT2D eigenvalue weighted by Gasteiger charge is 2.43. The Balaban J connectivity index is 5.11. The molecule has 0 aliphatic carbocycles. The fourth-order valence-corrected chi connectivity index (χ4v) is 2.70. The largest absolute Gasteiger partial charge is 0.491 e. The number of alkyl halides is 3. The Morgan fingerprint density at radius 3 is 2.11 bits per heavy atom. The van der Waals surface area contributed by atoms with E-state index in [1.807, 2.05) is 5.32 Å². The molecule has 17 heteroatoms. The zero-order valence-electron chi connectivity index (χ0n) is 20.6. The minimum Gasteiger partial charge on any atom is -0.394 e. The number of nitrogens with two attached hydrogens (primary N) is 2. The highest BCUT2D eigenvalue weighted by Crippen LogP contribution is 2.16. The summed E-state index contributed by atoms with van der Waals surface area (Å²) >= 11 is 0. The maximum atomic E-state index is 12.8. The molecule has 0 fully saturated rings. The minimum absolute atomic E-state index is 0.218. The molecule has 0 aromatic rings. The van der Waals surface area contributed by atoms with Gasteiger partial charge in [0.2, 0.25) is 17.7 Å². The molecule has 37 heavy (non-hydrogen) atoms. The normalized spacial score (nSPS) is 15.2. The Kier molecular flexibility index (Phi) is 14.1. The van der Waals surface area contributed by atoms with Crippen LogP contribution < -0.4 is 32.7 Å². The zero-order chi connectivity index (χ0) is 28.9. The molecule has 0 spiro atoms. The van der Waals surface area contributed by atoms with Gasteiger partial charge in [-0.05, 0) is 25.7 Å². The van der Waals surface area contributed by atoms with E-state index in [0.717, 1.165) is 0 Å². The number of rotatable bonds is 14. The summed E-state index contributed by atoms with van der Waals surface area (Å²) in [4.78, 5) is 60.1. The van der Waals surface area contributed by atoms with Crippen LogP contribution in [0.25, 0.3) is 0 Å². The quantitative estimate of drug-likeness (QED) is 0.0385. The molecule has 0 rings (SSSR count). The number of hydrogen-bond acceptors (Lipinski definition) is 9. The van der Waals surface area contributed by atoms with Crippen molar-refractivity contribution in [2.75, 3.05) is 13.2 Å². The van der Waals surface area contributed by atoms with E-state index in [9.17, 15) is 42.3 Å². The summed E-state index contributed by atoms with van der Waals surface area (Å²) in [6.45, 7) is 3.71. The summed E-state index contributed by atoms with van der Waals surface area (Å²) in [5.74, 6) is -7.83. The number of aliphatic hydroxyl groups is 1. The van der Waals surface area contributed by atoms with E-state index < -0.39 is 72.5 Å². The lowest BCUT2D eigenvalue weighted by atomic mass is 9.97. The Hall–Kier alpha value is -3.47. The Morgan fingerprint density at radius 1 is 1.03 bits per heavy atom. The summed E-state index contributed by atoms with van der Waals surface area (Å²) < 4.78 is 40.3. The molecule has 0 heterocycles. The highest BCUT2D eigenvalue weighted by molar-refractivity contribution is 5.96. The van der Waals surface area contributed by atoms with E-state index in [0.29, 0.717) is 19.4 Å². The van der Waals surface area contributed by atoms with Crippen LogP contribution in [-0.2, 0) is 28.7 Å². The molecule has 5 atom stereocenters. The molecule has 0 bridgehead atoms. The molecule has 0 saturated heterocycles. The third-order valence-electron chi connectivity index (χ3n) is 5.10. The van der Waals surface area contributed by atoms with Crippen molar-refractivity contribution in [3.8, 4) is 0 Å². The molecule has 0 aromatic heterocycles. The van der Waals surface area contributed by atoms with Gasteiger partial charge >= 0.3 is 18.1 Å². The summed E-state index contributed by atoms with van der Waals surface area (Å²) in [6.07, 6.45) is -4.39. The Bertz CT molecular complexity index is 842. The van der Waals surface area contributed by atoms with Crippen LogP contribution in [0.4, 0.5) is 13.2 Å². The monoisotopic (exact) mass is 541 g/mol. The van der Waals surface area contributed by atoms with E-state index >= 15 is 0 Å². The van der Waals surface area contributed by atoms with E-state index in [4.69, 9.17) is 16.9 Å². The average Bonchev–Trinajstić information content (AvgIpc) is 2.81. The summed E-state index contributed by atoms with van der Waals surface area (Å²) in [5.41, 5.74) is 11.0. The van der Waals surface area contributed by atoms with Crippen LogP contribution in [0, 0.1) is 11.3 Å². The van der Waals surface area contributed by atoms with Gasteiger partial charge in [-0.1, -0.05) is 20.3 Å². The predicted molar refractivity (Wildman–Crippen MR) is 122 cm³/mol. The van der Waals surface area contributed by atoms with Crippen molar-refractivity contribution in [3.63, 3.8) is 0 Å². The average molecular weight is 542 g/mol. The number of hydrogen-bond donors (Lipinski definition) is 8. The van der Waals surface area contributed by atoms with Gasteiger partial charge < -0.3 is 42.6 Å². The van der Waals surface area contributed by atoms with Crippen LogP contribution in [0.2, 0.25) is 0 Å². The van der Waals surface area contributed by atoms with E-state index in [1.54, 1.807) is 13.8 Å². The van der Waals surface area contributed by atoms with Crippen LogP contribution in [0.5, 0.6) is 0 Å². The molecule has 3 amide bonds. The van der Waals surface area contributed by atoms with Gasteiger partial charge in [0, 0.05) is 6.54 Å². The molecular weight excluding hydrogens is 507 g/mol. The fourth-order valence-electron chi connectivity index (χ4n) is 2.70. The molecule has 212 valence electrons. The van der Waals surface area contributed by atoms with Crippen molar-refractivity contribution in [1.29, 1.82) is 5.41 Å². The lowest BCUT2D eigenvalue weighted by Gasteiger charge is -2.27. The molecule has 0 aliphatic rings. The number of amides is 3. The number of halogens is 3. The second kappa shape index (κ2) is 15.6. The molecule has 0 radical (unpaired) electrons. The molecular formula is C20H34F3N7O7. The summed E-state index contributed by atoms with van der Waals surface area (Å²) in [6, 6.07) is -5.48. The van der Waals surface area contributed by atoms with E-state index in [2.05, 4.69) is 20.7 Å². The summed E-state index contributed by atoms with van der Waals surface area (Å²) in [7, 11) is 0. The first-order valence-electron chi connectivity index (χ1n) is 11.2. The third kappa shape index (κ3) is 12.4. The molecule has 10 N–H and O–H groups in total. The molecule has 0 unspecified atom stereocenters. The number of carbonyl (C=O) groups is 5.